The van der Waals surface area contributed by atoms with Gasteiger partial charge in [-0.25, -0.2) is 0 Å². The minimum Gasteiger partial charge on any atom is -0.336 e. The summed E-state index contributed by atoms with van der Waals surface area (Å²) in [7, 11) is 0. The molecule has 1 amide bonds. The van der Waals surface area contributed by atoms with Gasteiger partial charge in [-0.2, -0.15) is 0 Å². The number of carbonyl (C=O) groups is 1. The van der Waals surface area contributed by atoms with Crippen molar-refractivity contribution in [2.45, 2.75) is 32.4 Å². The average Bonchev–Trinajstić information content (AvgIpc) is 3.21. The highest BCUT2D eigenvalue weighted by molar-refractivity contribution is 7.17. The first-order valence-corrected chi connectivity index (χ1v) is 9.60. The Morgan fingerprint density at radius 2 is 2.00 bits per heavy atom. The standard InChI is InChI=1S/C20H20N2OS/c23-20(21-9-7-15-3-1-2-4-16(15)13-21)18-11-19-17(8-10-24-19)22(18)12-14-5-6-14/h1-4,8,10-11,14H,5-7,9,12-13H2. The van der Waals surface area contributed by atoms with Crippen molar-refractivity contribution in [1.29, 1.82) is 0 Å². The van der Waals surface area contributed by atoms with Crippen LogP contribution in [0.25, 0.3) is 10.2 Å². The third-order valence-electron chi connectivity index (χ3n) is 5.30. The topological polar surface area (TPSA) is 25.2 Å². The maximum Gasteiger partial charge on any atom is 0.270 e. The van der Waals surface area contributed by atoms with Gasteiger partial charge in [-0.05, 0) is 53.8 Å². The molecule has 24 heavy (non-hydrogen) atoms. The van der Waals surface area contributed by atoms with Crippen molar-refractivity contribution in [3.05, 3.63) is 58.6 Å². The Bertz CT molecular complexity index is 919. The molecule has 3 nitrogen and oxygen atoms in total. The Labute approximate surface area is 145 Å². The monoisotopic (exact) mass is 336 g/mol. The minimum atomic E-state index is 0.188. The first-order chi connectivity index (χ1) is 11.8. The third kappa shape index (κ3) is 2.37. The van der Waals surface area contributed by atoms with E-state index < -0.39 is 0 Å². The van der Waals surface area contributed by atoms with Crippen LogP contribution in [0, 0.1) is 5.92 Å². The van der Waals surface area contributed by atoms with E-state index in [0.29, 0.717) is 0 Å². The Morgan fingerprint density at radius 3 is 2.83 bits per heavy atom. The summed E-state index contributed by atoms with van der Waals surface area (Å²) in [5.41, 5.74) is 4.78. The van der Waals surface area contributed by atoms with Gasteiger partial charge in [0.05, 0.1) is 10.2 Å². The molecular weight excluding hydrogens is 316 g/mol. The first-order valence-electron chi connectivity index (χ1n) is 8.72. The van der Waals surface area contributed by atoms with Crippen molar-refractivity contribution in [1.82, 2.24) is 9.47 Å². The van der Waals surface area contributed by atoms with Gasteiger partial charge in [-0.15, -0.1) is 11.3 Å². The van der Waals surface area contributed by atoms with Crippen LogP contribution in [0.2, 0.25) is 0 Å². The molecule has 3 aromatic rings. The van der Waals surface area contributed by atoms with Gasteiger partial charge in [0.15, 0.2) is 0 Å². The number of thiophene rings is 1. The summed E-state index contributed by atoms with van der Waals surface area (Å²) in [4.78, 5) is 15.2. The second-order valence-electron chi connectivity index (χ2n) is 7.00. The average molecular weight is 336 g/mol. The number of hydrogen-bond acceptors (Lipinski definition) is 2. The van der Waals surface area contributed by atoms with E-state index in [-0.39, 0.29) is 5.91 Å². The summed E-state index contributed by atoms with van der Waals surface area (Å²) >= 11 is 1.73. The fourth-order valence-electron chi connectivity index (χ4n) is 3.74. The van der Waals surface area contributed by atoms with E-state index in [2.05, 4.69) is 46.3 Å². The van der Waals surface area contributed by atoms with E-state index in [1.54, 1.807) is 11.3 Å². The maximum absolute atomic E-state index is 13.2. The molecule has 1 aliphatic heterocycles. The smallest absolute Gasteiger partial charge is 0.270 e. The highest BCUT2D eigenvalue weighted by Crippen LogP contribution is 2.35. The molecule has 5 rings (SSSR count). The van der Waals surface area contributed by atoms with E-state index in [1.165, 1.54) is 34.2 Å². The molecule has 122 valence electrons. The molecule has 0 unspecified atom stereocenters. The van der Waals surface area contributed by atoms with Crippen LogP contribution in [0.4, 0.5) is 0 Å². The zero-order valence-electron chi connectivity index (χ0n) is 13.6. The number of benzene rings is 1. The molecule has 1 fully saturated rings. The van der Waals surface area contributed by atoms with E-state index in [0.717, 1.165) is 37.7 Å². The lowest BCUT2D eigenvalue weighted by molar-refractivity contribution is 0.0724. The Kier molecular flexibility index (Phi) is 3.27. The van der Waals surface area contributed by atoms with Gasteiger partial charge >= 0.3 is 0 Å². The quantitative estimate of drug-likeness (QED) is 0.699. The molecule has 0 N–H and O–H groups in total. The molecule has 0 atom stereocenters. The molecule has 0 spiro atoms. The zero-order valence-corrected chi connectivity index (χ0v) is 14.4. The van der Waals surface area contributed by atoms with Gasteiger partial charge < -0.3 is 9.47 Å². The Balaban J connectivity index is 1.48. The number of fused-ring (bicyclic) bond motifs is 2. The van der Waals surface area contributed by atoms with Crippen LogP contribution >= 0.6 is 11.3 Å². The number of rotatable bonds is 3. The van der Waals surface area contributed by atoms with Gasteiger partial charge in [0.1, 0.15) is 5.69 Å². The van der Waals surface area contributed by atoms with Gasteiger partial charge in [0, 0.05) is 19.6 Å². The summed E-state index contributed by atoms with van der Waals surface area (Å²) in [5.74, 6) is 0.947. The number of nitrogens with zero attached hydrogens (tertiary/aromatic N) is 2. The van der Waals surface area contributed by atoms with Gasteiger partial charge in [-0.1, -0.05) is 24.3 Å². The van der Waals surface area contributed by atoms with Crippen LogP contribution in [0.5, 0.6) is 0 Å². The molecule has 0 radical (unpaired) electrons. The van der Waals surface area contributed by atoms with Crippen LogP contribution < -0.4 is 0 Å². The third-order valence-corrected chi connectivity index (χ3v) is 6.15. The second kappa shape index (κ2) is 5.49. The fourth-order valence-corrected chi connectivity index (χ4v) is 4.56. The van der Waals surface area contributed by atoms with Crippen molar-refractivity contribution in [3.8, 4) is 0 Å². The van der Waals surface area contributed by atoms with Crippen molar-refractivity contribution >= 4 is 27.5 Å². The van der Waals surface area contributed by atoms with Crippen LogP contribution in [-0.4, -0.2) is 21.9 Å². The van der Waals surface area contributed by atoms with E-state index in [4.69, 9.17) is 0 Å². The van der Waals surface area contributed by atoms with Gasteiger partial charge in [0.25, 0.3) is 5.91 Å². The Morgan fingerprint density at radius 1 is 1.17 bits per heavy atom. The molecule has 2 aliphatic rings. The summed E-state index contributed by atoms with van der Waals surface area (Å²) in [5, 5.41) is 2.12. The highest BCUT2D eigenvalue weighted by atomic mass is 32.1. The van der Waals surface area contributed by atoms with Crippen LogP contribution in [0.1, 0.15) is 34.5 Å². The first kappa shape index (κ1) is 14.3. The lowest BCUT2D eigenvalue weighted by Gasteiger charge is -2.29. The summed E-state index contributed by atoms with van der Waals surface area (Å²) in [6, 6.07) is 12.7. The molecule has 1 aliphatic carbocycles. The summed E-state index contributed by atoms with van der Waals surface area (Å²) < 4.78 is 3.50. The van der Waals surface area contributed by atoms with Crippen molar-refractivity contribution < 1.29 is 4.79 Å². The minimum absolute atomic E-state index is 0.188. The molecule has 1 saturated carbocycles. The zero-order chi connectivity index (χ0) is 16.1. The Hall–Kier alpha value is -2.07. The lowest BCUT2D eigenvalue weighted by Crippen LogP contribution is -2.37. The molecule has 1 aromatic carbocycles. The van der Waals surface area contributed by atoms with Gasteiger partial charge in [-0.3, -0.25) is 4.79 Å². The van der Waals surface area contributed by atoms with E-state index >= 15 is 0 Å². The van der Waals surface area contributed by atoms with E-state index in [1.807, 2.05) is 4.90 Å². The largest absolute Gasteiger partial charge is 0.336 e. The fraction of sp³-hybridized carbons (Fsp3) is 0.350. The van der Waals surface area contributed by atoms with Crippen LogP contribution in [0.3, 0.4) is 0 Å². The number of hydrogen-bond donors (Lipinski definition) is 0. The van der Waals surface area contributed by atoms with Crippen LogP contribution in [-0.2, 0) is 19.5 Å². The number of amides is 1. The lowest BCUT2D eigenvalue weighted by atomic mass is 10.00. The molecule has 4 heteroatoms. The molecule has 2 aromatic heterocycles. The van der Waals surface area contributed by atoms with Gasteiger partial charge in [0.2, 0.25) is 0 Å². The molecular formula is C20H20N2OS. The molecule has 0 bridgehead atoms. The van der Waals surface area contributed by atoms with Crippen LogP contribution in [0.15, 0.2) is 41.8 Å². The predicted molar refractivity (Wildman–Crippen MR) is 97.4 cm³/mol. The highest BCUT2D eigenvalue weighted by Gasteiger charge is 2.28. The van der Waals surface area contributed by atoms with E-state index in [9.17, 15) is 4.79 Å². The predicted octanol–water partition coefficient (Wildman–Crippen LogP) is 4.31. The second-order valence-corrected chi connectivity index (χ2v) is 7.95. The number of aromatic nitrogens is 1. The normalized spacial score (nSPS) is 17.2. The maximum atomic E-state index is 13.2. The number of carbonyl (C=O) groups excluding carboxylic acids is 1. The molecule has 3 heterocycles. The van der Waals surface area contributed by atoms with Crippen molar-refractivity contribution in [2.24, 2.45) is 5.92 Å². The molecule has 0 saturated heterocycles. The van der Waals surface area contributed by atoms with Crippen molar-refractivity contribution in [3.63, 3.8) is 0 Å². The summed E-state index contributed by atoms with van der Waals surface area (Å²) in [6.45, 7) is 2.54. The SMILES string of the molecule is O=C(c1cc2sccc2n1CC1CC1)N1CCc2ccccc2C1. The van der Waals surface area contributed by atoms with Crippen molar-refractivity contribution in [2.75, 3.05) is 6.54 Å². The summed E-state index contributed by atoms with van der Waals surface area (Å²) in [6.07, 6.45) is 3.56.